The Bertz CT molecular complexity index is 1370. The summed E-state index contributed by atoms with van der Waals surface area (Å²) < 4.78 is 29.5. The van der Waals surface area contributed by atoms with Crippen molar-refractivity contribution >= 4 is 50.7 Å². The molecule has 12 heteroatoms. The Morgan fingerprint density at radius 2 is 1.77 bits per heavy atom. The Balaban J connectivity index is 1.66. The first-order valence-electron chi connectivity index (χ1n) is 13.5. The number of nitrogens with one attached hydrogen (secondary N) is 2. The van der Waals surface area contributed by atoms with Gasteiger partial charge in [0, 0.05) is 18.1 Å². The summed E-state index contributed by atoms with van der Waals surface area (Å²) in [5.74, 6) is -1.39. The molecule has 1 saturated heterocycles. The number of hydrogen-bond acceptors (Lipinski definition) is 6. The molecule has 0 aromatic heterocycles. The van der Waals surface area contributed by atoms with Gasteiger partial charge in [0.25, 0.3) is 10.0 Å². The van der Waals surface area contributed by atoms with Crippen LogP contribution < -0.4 is 20.7 Å². The Labute approximate surface area is 240 Å². The van der Waals surface area contributed by atoms with Crippen molar-refractivity contribution in [2.45, 2.75) is 69.4 Å². The van der Waals surface area contributed by atoms with E-state index >= 15 is 0 Å². The van der Waals surface area contributed by atoms with Crippen LogP contribution in [-0.4, -0.2) is 62.8 Å². The fraction of sp³-hybridized carbons (Fsp3) is 0.464. The van der Waals surface area contributed by atoms with Crippen molar-refractivity contribution in [1.82, 2.24) is 10.2 Å². The molecule has 1 fully saturated rings. The zero-order valence-corrected chi connectivity index (χ0v) is 24.4. The zero-order valence-electron chi connectivity index (χ0n) is 22.8. The summed E-state index contributed by atoms with van der Waals surface area (Å²) in [5, 5.41) is 5.92. The maximum absolute atomic E-state index is 14.2. The molecule has 0 spiro atoms. The number of para-hydroxylation sites is 2. The number of rotatable bonds is 10. The summed E-state index contributed by atoms with van der Waals surface area (Å²) in [4.78, 5) is 41.7. The molecule has 2 aliphatic heterocycles. The number of amides is 3. The van der Waals surface area contributed by atoms with Gasteiger partial charge in [-0.2, -0.15) is 0 Å². The molecule has 40 heavy (non-hydrogen) atoms. The molecule has 0 radical (unpaired) electrons. The predicted octanol–water partition coefficient (Wildman–Crippen LogP) is 3.10. The Kier molecular flexibility index (Phi) is 9.37. The van der Waals surface area contributed by atoms with Gasteiger partial charge in [-0.15, -0.1) is 0 Å². The van der Waals surface area contributed by atoms with Crippen LogP contribution in [0.3, 0.4) is 0 Å². The number of nitrogens with two attached hydrogens (primary N) is 1. The van der Waals surface area contributed by atoms with Crippen LogP contribution in [0.2, 0.25) is 5.02 Å². The number of carbonyl (C=O) groups is 3. The van der Waals surface area contributed by atoms with Crippen LogP contribution in [0.25, 0.3) is 0 Å². The van der Waals surface area contributed by atoms with Gasteiger partial charge in [-0.25, -0.2) is 8.42 Å². The van der Waals surface area contributed by atoms with E-state index < -0.39 is 40.3 Å². The minimum atomic E-state index is -4.31. The number of aryl methyl sites for hydroxylation is 2. The summed E-state index contributed by atoms with van der Waals surface area (Å²) in [6, 6.07) is 7.50. The number of hydrogen-bond donors (Lipinski definition) is 3. The highest BCUT2D eigenvalue weighted by atomic mass is 35.5. The Morgan fingerprint density at radius 3 is 2.42 bits per heavy atom. The van der Waals surface area contributed by atoms with Crippen LogP contribution in [0.4, 0.5) is 11.4 Å². The van der Waals surface area contributed by atoms with Gasteiger partial charge in [0.1, 0.15) is 12.1 Å². The van der Waals surface area contributed by atoms with Crippen molar-refractivity contribution in [3.8, 4) is 0 Å². The summed E-state index contributed by atoms with van der Waals surface area (Å²) in [6.07, 6.45) is 3.11. The molecule has 2 aromatic carbocycles. The highest BCUT2D eigenvalue weighted by molar-refractivity contribution is 7.93. The maximum atomic E-state index is 14.2. The summed E-state index contributed by atoms with van der Waals surface area (Å²) in [5.41, 5.74) is 7.05. The number of anilines is 2. The summed E-state index contributed by atoms with van der Waals surface area (Å²) in [7, 11) is -4.31. The average molecular weight is 590 g/mol. The van der Waals surface area contributed by atoms with E-state index in [0.29, 0.717) is 60.7 Å². The van der Waals surface area contributed by atoms with Crippen LogP contribution in [0, 0.1) is 13.8 Å². The highest BCUT2D eigenvalue weighted by Gasteiger charge is 2.43. The second-order valence-electron chi connectivity index (χ2n) is 10.3. The number of carbonyl (C=O) groups excluding carboxylic acids is 3. The van der Waals surface area contributed by atoms with Crippen molar-refractivity contribution < 1.29 is 22.8 Å². The van der Waals surface area contributed by atoms with Gasteiger partial charge in [-0.05, 0) is 87.9 Å². The van der Waals surface area contributed by atoms with Crippen LogP contribution in [0.5, 0.6) is 0 Å². The second-order valence-corrected chi connectivity index (χ2v) is 12.5. The molecule has 4 rings (SSSR count). The molecule has 3 amide bonds. The van der Waals surface area contributed by atoms with Crippen molar-refractivity contribution in [1.29, 1.82) is 0 Å². The fourth-order valence-electron chi connectivity index (χ4n) is 5.47. The minimum Gasteiger partial charge on any atom is -0.344 e. The lowest BCUT2D eigenvalue weighted by molar-refractivity contribution is -0.136. The van der Waals surface area contributed by atoms with Crippen LogP contribution in [0.15, 0.2) is 41.3 Å². The normalized spacial score (nSPS) is 17.8. The van der Waals surface area contributed by atoms with Gasteiger partial charge < -0.3 is 21.3 Å². The first-order chi connectivity index (χ1) is 19.0. The largest absolute Gasteiger partial charge is 0.344 e. The lowest BCUT2D eigenvalue weighted by atomic mass is 10.1. The van der Waals surface area contributed by atoms with E-state index in [4.69, 9.17) is 17.3 Å². The minimum absolute atomic E-state index is 0.0238. The number of nitrogens with zero attached hydrogens (tertiary/aromatic N) is 2. The number of fused-ring (bicyclic) bond motifs is 1. The molecule has 216 valence electrons. The number of halogens is 1. The van der Waals surface area contributed by atoms with Gasteiger partial charge in [-0.1, -0.05) is 23.7 Å². The smallest absolute Gasteiger partial charge is 0.265 e. The van der Waals surface area contributed by atoms with Crippen LogP contribution >= 0.6 is 11.6 Å². The molecule has 0 bridgehead atoms. The molecule has 2 aliphatic rings. The van der Waals surface area contributed by atoms with E-state index in [2.05, 4.69) is 10.6 Å². The van der Waals surface area contributed by atoms with E-state index in [-0.39, 0.29) is 16.5 Å². The number of benzene rings is 2. The van der Waals surface area contributed by atoms with Crippen LogP contribution in [-0.2, 0) is 24.4 Å². The van der Waals surface area contributed by atoms with E-state index in [1.165, 1.54) is 0 Å². The zero-order chi connectivity index (χ0) is 29.0. The quantitative estimate of drug-likeness (QED) is 0.364. The lowest BCUT2D eigenvalue weighted by Crippen LogP contribution is -2.54. The topological polar surface area (TPSA) is 142 Å². The third-order valence-electron chi connectivity index (χ3n) is 7.30. The number of unbranched alkanes of at least 4 members (excludes halogenated alkanes) is 1. The van der Waals surface area contributed by atoms with Crippen molar-refractivity contribution in [2.75, 3.05) is 29.3 Å². The fourth-order valence-corrected chi connectivity index (χ4v) is 7.85. The average Bonchev–Trinajstić information content (AvgIpc) is 3.42. The monoisotopic (exact) mass is 589 g/mol. The summed E-state index contributed by atoms with van der Waals surface area (Å²) in [6.45, 7) is 5.01. The van der Waals surface area contributed by atoms with Gasteiger partial charge >= 0.3 is 0 Å². The molecule has 2 unspecified atom stereocenters. The molecular formula is C28H36ClN5O5S. The molecule has 10 nitrogen and oxygen atoms in total. The first-order valence-corrected chi connectivity index (χ1v) is 15.4. The van der Waals surface area contributed by atoms with E-state index in [9.17, 15) is 22.8 Å². The van der Waals surface area contributed by atoms with E-state index in [0.717, 1.165) is 17.1 Å². The standard InChI is InChI=1S/C28H36ClN5O5S/c1-18-15-20(29)16-19(2)26(18)40(38,39)34-23-11-4-3-9-21(23)32-27(36)24(34)17-25(35)31-22(10-5-6-12-30)28(37)33-13-7-8-14-33/h3-4,9,11,15-16,22,24H,5-8,10,12-14,17,30H2,1-2H3,(H,31,35)(H,32,36). The highest BCUT2D eigenvalue weighted by Crippen LogP contribution is 2.39. The molecule has 4 N–H and O–H groups in total. The number of likely N-dealkylation sites (tertiary alicyclic amines) is 1. The third-order valence-corrected chi connectivity index (χ3v) is 9.65. The molecule has 2 heterocycles. The molecule has 2 aromatic rings. The van der Waals surface area contributed by atoms with Gasteiger partial charge in [-0.3, -0.25) is 18.7 Å². The lowest BCUT2D eigenvalue weighted by Gasteiger charge is -2.37. The molecule has 0 aliphatic carbocycles. The van der Waals surface area contributed by atoms with Gasteiger partial charge in [0.2, 0.25) is 17.7 Å². The van der Waals surface area contributed by atoms with Gasteiger partial charge in [0.05, 0.1) is 22.7 Å². The van der Waals surface area contributed by atoms with Gasteiger partial charge in [0.15, 0.2) is 0 Å². The summed E-state index contributed by atoms with van der Waals surface area (Å²) >= 11 is 6.16. The van der Waals surface area contributed by atoms with E-state index in [1.807, 2.05) is 0 Å². The predicted molar refractivity (Wildman–Crippen MR) is 155 cm³/mol. The molecule has 2 atom stereocenters. The first kappa shape index (κ1) is 29.8. The van der Waals surface area contributed by atoms with Crippen LogP contribution in [0.1, 0.15) is 49.7 Å². The Hall–Kier alpha value is -3.15. The van der Waals surface area contributed by atoms with Crippen molar-refractivity contribution in [2.24, 2.45) is 5.73 Å². The van der Waals surface area contributed by atoms with E-state index in [1.54, 1.807) is 55.1 Å². The van der Waals surface area contributed by atoms with Crippen molar-refractivity contribution in [3.63, 3.8) is 0 Å². The SMILES string of the molecule is Cc1cc(Cl)cc(C)c1S(=O)(=O)N1c2ccccc2NC(=O)C1CC(=O)NC(CCCCN)C(=O)N1CCCC1. The second kappa shape index (κ2) is 12.6. The maximum Gasteiger partial charge on any atom is 0.265 e. The Morgan fingerprint density at radius 1 is 1.12 bits per heavy atom. The van der Waals surface area contributed by atoms with Crippen molar-refractivity contribution in [3.05, 3.63) is 52.5 Å². The number of sulfonamides is 1. The third kappa shape index (κ3) is 6.26. The molecule has 0 saturated carbocycles. The molecular weight excluding hydrogens is 554 g/mol.